The number of nitrogens with zero attached hydrogens (tertiary/aromatic N) is 1. The first kappa shape index (κ1) is 14.7. The van der Waals surface area contributed by atoms with Crippen molar-refractivity contribution in [3.63, 3.8) is 0 Å². The molecule has 0 atom stereocenters. The van der Waals surface area contributed by atoms with Crippen LogP contribution in [0.1, 0.15) is 0 Å². The fourth-order valence-corrected chi connectivity index (χ4v) is 4.16. The molecule has 1 N–H and O–H groups in total. The first-order chi connectivity index (χ1) is 8.99. The second kappa shape index (κ2) is 6.19. The highest BCUT2D eigenvalue weighted by molar-refractivity contribution is 7.91. The maximum absolute atomic E-state index is 11.9. The molecule has 19 heavy (non-hydrogen) atoms. The Kier molecular flexibility index (Phi) is 4.80. The number of nitrogens with one attached hydrogen (secondary N) is 1. The van der Waals surface area contributed by atoms with Crippen molar-refractivity contribution in [3.05, 3.63) is 16.5 Å². The number of carbonyl (C=O) groups is 1. The Bertz CT molecular complexity index is 558. The molecule has 1 saturated heterocycles. The van der Waals surface area contributed by atoms with Gasteiger partial charge in [0.25, 0.3) is 0 Å². The number of morpholine rings is 1. The zero-order chi connectivity index (χ0) is 13.9. The summed E-state index contributed by atoms with van der Waals surface area (Å²) < 4.78 is 31.8. The van der Waals surface area contributed by atoms with E-state index in [1.807, 2.05) is 0 Å². The molecule has 9 heteroatoms. The van der Waals surface area contributed by atoms with Crippen molar-refractivity contribution in [2.24, 2.45) is 0 Å². The van der Waals surface area contributed by atoms with Gasteiger partial charge in [0.05, 0.1) is 10.9 Å². The quantitative estimate of drug-likeness (QED) is 0.857. The van der Waals surface area contributed by atoms with Crippen LogP contribution in [0.15, 0.2) is 16.3 Å². The van der Waals surface area contributed by atoms with E-state index in [-0.39, 0.29) is 23.3 Å². The molecule has 2 heterocycles. The number of amides is 1. The van der Waals surface area contributed by atoms with Crippen LogP contribution in [-0.2, 0) is 19.6 Å². The van der Waals surface area contributed by atoms with Crippen molar-refractivity contribution in [1.82, 2.24) is 9.62 Å². The number of carbonyl (C=O) groups excluding carboxylic acids is 1. The van der Waals surface area contributed by atoms with Crippen LogP contribution in [0.2, 0.25) is 4.34 Å². The molecule has 0 bridgehead atoms. The van der Waals surface area contributed by atoms with Gasteiger partial charge < -0.3 is 9.64 Å². The number of hydrogen-bond acceptors (Lipinski definition) is 5. The summed E-state index contributed by atoms with van der Waals surface area (Å²) in [5, 5.41) is 0. The number of halogens is 1. The Hall–Kier alpha value is -0.670. The van der Waals surface area contributed by atoms with Gasteiger partial charge in [0.1, 0.15) is 10.8 Å². The smallest absolute Gasteiger partial charge is 0.250 e. The number of rotatable bonds is 5. The molecule has 0 spiro atoms. The van der Waals surface area contributed by atoms with Gasteiger partial charge in [-0.15, -0.1) is 11.3 Å². The van der Waals surface area contributed by atoms with Crippen molar-refractivity contribution in [2.45, 2.75) is 4.21 Å². The van der Waals surface area contributed by atoms with E-state index < -0.39 is 10.0 Å². The highest BCUT2D eigenvalue weighted by Crippen LogP contribution is 2.25. The van der Waals surface area contributed by atoms with Crippen LogP contribution in [0.3, 0.4) is 0 Å². The highest BCUT2D eigenvalue weighted by atomic mass is 35.5. The average Bonchev–Trinajstić information content (AvgIpc) is 2.79. The van der Waals surface area contributed by atoms with E-state index in [1.54, 1.807) is 4.90 Å². The summed E-state index contributed by atoms with van der Waals surface area (Å²) in [5.41, 5.74) is 0. The van der Waals surface area contributed by atoms with Crippen molar-refractivity contribution in [1.29, 1.82) is 0 Å². The Morgan fingerprint density at radius 1 is 1.47 bits per heavy atom. The fraction of sp³-hybridized carbons (Fsp3) is 0.500. The molecule has 1 amide bonds. The Labute approximate surface area is 120 Å². The van der Waals surface area contributed by atoms with Gasteiger partial charge in [0.15, 0.2) is 0 Å². The predicted molar refractivity (Wildman–Crippen MR) is 71.9 cm³/mol. The summed E-state index contributed by atoms with van der Waals surface area (Å²) in [7, 11) is -3.54. The van der Waals surface area contributed by atoms with E-state index in [0.717, 1.165) is 11.3 Å². The molecule has 1 aromatic rings. The van der Waals surface area contributed by atoms with Crippen LogP contribution >= 0.6 is 22.9 Å². The lowest BCUT2D eigenvalue weighted by molar-refractivity contribution is -0.142. The third-order valence-electron chi connectivity index (χ3n) is 2.57. The summed E-state index contributed by atoms with van der Waals surface area (Å²) in [6.07, 6.45) is 0. The largest absolute Gasteiger partial charge is 0.370 e. The predicted octanol–water partition coefficient (Wildman–Crippen LogP) is 0.539. The van der Waals surface area contributed by atoms with E-state index in [0.29, 0.717) is 24.0 Å². The fourth-order valence-electron chi connectivity index (χ4n) is 1.61. The number of ether oxygens (including phenoxy) is 1. The van der Waals surface area contributed by atoms with Gasteiger partial charge in [-0.05, 0) is 12.1 Å². The standard InChI is InChI=1S/C10H13ClN2O4S2/c11-8-1-2-10(18-8)19(15,16)12-3-4-13-5-6-17-7-9(13)14/h1-2,12H,3-7H2. The van der Waals surface area contributed by atoms with Gasteiger partial charge in [-0.25, -0.2) is 13.1 Å². The Morgan fingerprint density at radius 3 is 2.89 bits per heavy atom. The van der Waals surface area contributed by atoms with E-state index in [1.165, 1.54) is 12.1 Å². The molecule has 2 rings (SSSR count). The van der Waals surface area contributed by atoms with E-state index in [4.69, 9.17) is 16.3 Å². The third kappa shape index (κ3) is 3.90. The molecule has 1 aliphatic heterocycles. The van der Waals surface area contributed by atoms with Gasteiger partial charge in [0.2, 0.25) is 15.9 Å². The minimum atomic E-state index is -3.54. The molecule has 6 nitrogen and oxygen atoms in total. The molecule has 0 unspecified atom stereocenters. The van der Waals surface area contributed by atoms with Crippen LogP contribution in [0.25, 0.3) is 0 Å². The van der Waals surface area contributed by atoms with Gasteiger partial charge in [0, 0.05) is 19.6 Å². The highest BCUT2D eigenvalue weighted by Gasteiger charge is 2.20. The molecule has 0 aliphatic carbocycles. The number of hydrogen-bond donors (Lipinski definition) is 1. The number of sulfonamides is 1. The van der Waals surface area contributed by atoms with Crippen molar-refractivity contribution in [3.8, 4) is 0 Å². The first-order valence-electron chi connectivity index (χ1n) is 5.59. The van der Waals surface area contributed by atoms with Crippen molar-refractivity contribution >= 4 is 38.9 Å². The second-order valence-electron chi connectivity index (χ2n) is 3.89. The molecule has 1 fully saturated rings. The van der Waals surface area contributed by atoms with Gasteiger partial charge in [-0.3, -0.25) is 4.79 Å². The zero-order valence-corrected chi connectivity index (χ0v) is 12.4. The lowest BCUT2D eigenvalue weighted by atomic mass is 10.4. The maximum Gasteiger partial charge on any atom is 0.250 e. The molecular formula is C10H13ClN2O4S2. The van der Waals surface area contributed by atoms with E-state index >= 15 is 0 Å². The summed E-state index contributed by atoms with van der Waals surface area (Å²) in [6, 6.07) is 2.99. The van der Waals surface area contributed by atoms with Crippen LogP contribution in [0.4, 0.5) is 0 Å². The Balaban J connectivity index is 1.86. The normalized spacial score (nSPS) is 16.9. The summed E-state index contributed by atoms with van der Waals surface area (Å²) in [4.78, 5) is 13.0. The molecule has 0 saturated carbocycles. The monoisotopic (exact) mass is 324 g/mol. The molecule has 0 radical (unpaired) electrons. The van der Waals surface area contributed by atoms with E-state index in [9.17, 15) is 13.2 Å². The minimum absolute atomic E-state index is 0.0628. The molecule has 106 valence electrons. The zero-order valence-electron chi connectivity index (χ0n) is 9.96. The van der Waals surface area contributed by atoms with Gasteiger partial charge >= 0.3 is 0 Å². The van der Waals surface area contributed by atoms with Crippen LogP contribution in [0, 0.1) is 0 Å². The lowest BCUT2D eigenvalue weighted by Gasteiger charge is -2.26. The number of thiophene rings is 1. The van der Waals surface area contributed by atoms with Crippen LogP contribution in [-0.4, -0.2) is 52.1 Å². The molecule has 0 aromatic carbocycles. The van der Waals surface area contributed by atoms with E-state index in [2.05, 4.69) is 4.72 Å². The second-order valence-corrected chi connectivity index (χ2v) is 7.60. The Morgan fingerprint density at radius 2 is 2.26 bits per heavy atom. The average molecular weight is 325 g/mol. The van der Waals surface area contributed by atoms with Crippen molar-refractivity contribution < 1.29 is 17.9 Å². The SMILES string of the molecule is O=C1COCCN1CCNS(=O)(=O)c1ccc(Cl)s1. The third-order valence-corrected chi connectivity index (χ3v) is 5.76. The lowest BCUT2D eigenvalue weighted by Crippen LogP contribution is -2.45. The minimum Gasteiger partial charge on any atom is -0.370 e. The summed E-state index contributed by atoms with van der Waals surface area (Å²) in [6.45, 7) is 1.54. The summed E-state index contributed by atoms with van der Waals surface area (Å²) in [5.74, 6) is -0.121. The maximum atomic E-state index is 11.9. The van der Waals surface area contributed by atoms with Gasteiger partial charge in [-0.2, -0.15) is 0 Å². The van der Waals surface area contributed by atoms with Crippen molar-refractivity contribution in [2.75, 3.05) is 32.8 Å². The topological polar surface area (TPSA) is 75.7 Å². The first-order valence-corrected chi connectivity index (χ1v) is 8.27. The van der Waals surface area contributed by atoms with Gasteiger partial charge in [-0.1, -0.05) is 11.6 Å². The molecular weight excluding hydrogens is 312 g/mol. The van der Waals surface area contributed by atoms with Crippen LogP contribution in [0.5, 0.6) is 0 Å². The van der Waals surface area contributed by atoms with Crippen LogP contribution < -0.4 is 4.72 Å². The summed E-state index contributed by atoms with van der Waals surface area (Å²) >= 11 is 6.70. The molecule has 1 aliphatic rings. The molecule has 1 aromatic heterocycles.